The summed E-state index contributed by atoms with van der Waals surface area (Å²) in [6.07, 6.45) is 3.83. The standard InChI is InChI=1S/C29H29N3O3/c1-17-10-13-32(14-11-17)15-12-30-21-16-23-27(31-26-18(2)6-5-9-22(26)35-23)25-24(21)28(33)19-7-3-4-8-20(19)29(25)34/h3-9,16-17,23,30H,10-15H2,1-2H3. The lowest BCUT2D eigenvalue weighted by Crippen LogP contribution is -2.43. The molecular weight excluding hydrogens is 438 g/mol. The minimum absolute atomic E-state index is 0.141. The van der Waals surface area contributed by atoms with E-state index in [1.54, 1.807) is 24.3 Å². The molecule has 6 rings (SSSR count). The second-order valence-electron chi connectivity index (χ2n) is 9.94. The van der Waals surface area contributed by atoms with Gasteiger partial charge in [0.25, 0.3) is 0 Å². The number of hydrogen-bond donors (Lipinski definition) is 1. The lowest BCUT2D eigenvalue weighted by Gasteiger charge is -2.34. The third kappa shape index (κ3) is 3.73. The molecule has 6 heteroatoms. The van der Waals surface area contributed by atoms with Crippen LogP contribution in [0.4, 0.5) is 5.69 Å². The highest BCUT2D eigenvalue weighted by Gasteiger charge is 2.43. The van der Waals surface area contributed by atoms with Crippen molar-refractivity contribution in [1.29, 1.82) is 0 Å². The predicted octanol–water partition coefficient (Wildman–Crippen LogP) is 4.42. The molecule has 2 aromatic rings. The van der Waals surface area contributed by atoms with E-state index >= 15 is 0 Å². The van der Waals surface area contributed by atoms with Crippen LogP contribution in [0.15, 0.2) is 70.4 Å². The number of aliphatic imine (C=N–C) groups is 1. The zero-order chi connectivity index (χ0) is 24.1. The summed E-state index contributed by atoms with van der Waals surface area (Å²) in [6, 6.07) is 12.9. The van der Waals surface area contributed by atoms with Gasteiger partial charge in [-0.1, -0.05) is 43.3 Å². The highest BCUT2D eigenvalue weighted by molar-refractivity contribution is 6.40. The molecular formula is C29H29N3O3. The number of hydrogen-bond acceptors (Lipinski definition) is 6. The summed E-state index contributed by atoms with van der Waals surface area (Å²) in [6.45, 7) is 8.05. The van der Waals surface area contributed by atoms with Gasteiger partial charge in [0.1, 0.15) is 11.4 Å². The molecule has 2 aromatic carbocycles. The smallest absolute Gasteiger partial charge is 0.196 e. The number of para-hydroxylation sites is 1. The fourth-order valence-electron chi connectivity index (χ4n) is 5.45. The Hall–Kier alpha value is -3.51. The monoisotopic (exact) mass is 467 g/mol. The molecule has 1 atom stereocenters. The van der Waals surface area contributed by atoms with Crippen molar-refractivity contribution in [1.82, 2.24) is 10.2 Å². The first-order valence-electron chi connectivity index (χ1n) is 12.5. The Morgan fingerprint density at radius 2 is 1.71 bits per heavy atom. The van der Waals surface area contributed by atoms with Gasteiger partial charge < -0.3 is 15.0 Å². The number of fused-ring (bicyclic) bond motifs is 4. The van der Waals surface area contributed by atoms with Crippen LogP contribution in [-0.4, -0.2) is 54.5 Å². The average Bonchev–Trinajstić information content (AvgIpc) is 2.87. The molecule has 35 heavy (non-hydrogen) atoms. The van der Waals surface area contributed by atoms with Crippen molar-refractivity contribution in [3.05, 3.63) is 82.1 Å². The van der Waals surface area contributed by atoms with Crippen molar-refractivity contribution in [3.63, 3.8) is 0 Å². The second-order valence-corrected chi connectivity index (χ2v) is 9.94. The van der Waals surface area contributed by atoms with Gasteiger partial charge in [-0.05, 0) is 56.5 Å². The SMILES string of the molecule is Cc1cccc2c1N=C1C3=C(C(=O)c4ccccc4C3=O)C(NCCN3CCC(C)CC3)=CC1O2. The summed E-state index contributed by atoms with van der Waals surface area (Å²) in [5.74, 6) is 1.16. The van der Waals surface area contributed by atoms with E-state index in [0.717, 1.165) is 31.1 Å². The lowest BCUT2D eigenvalue weighted by atomic mass is 9.76. The van der Waals surface area contributed by atoms with Gasteiger partial charge in [-0.15, -0.1) is 0 Å². The summed E-state index contributed by atoms with van der Waals surface area (Å²) >= 11 is 0. The minimum Gasteiger partial charge on any atom is -0.478 e. The van der Waals surface area contributed by atoms with Crippen LogP contribution >= 0.6 is 0 Å². The molecule has 1 saturated heterocycles. The van der Waals surface area contributed by atoms with E-state index in [2.05, 4.69) is 17.1 Å². The van der Waals surface area contributed by atoms with Crippen LogP contribution in [0.25, 0.3) is 0 Å². The van der Waals surface area contributed by atoms with E-state index in [0.29, 0.717) is 51.7 Å². The van der Waals surface area contributed by atoms with Crippen molar-refractivity contribution in [2.45, 2.75) is 32.8 Å². The number of likely N-dealkylation sites (tertiary alicyclic amines) is 1. The zero-order valence-electron chi connectivity index (χ0n) is 20.1. The molecule has 2 heterocycles. The van der Waals surface area contributed by atoms with Crippen LogP contribution < -0.4 is 10.1 Å². The fourth-order valence-corrected chi connectivity index (χ4v) is 5.45. The Morgan fingerprint density at radius 1 is 1.00 bits per heavy atom. The molecule has 6 nitrogen and oxygen atoms in total. The third-order valence-corrected chi connectivity index (χ3v) is 7.54. The first kappa shape index (κ1) is 22.0. The van der Waals surface area contributed by atoms with Gasteiger partial charge in [-0.2, -0.15) is 0 Å². The van der Waals surface area contributed by atoms with Crippen LogP contribution in [0.2, 0.25) is 0 Å². The third-order valence-electron chi connectivity index (χ3n) is 7.54. The predicted molar refractivity (Wildman–Crippen MR) is 136 cm³/mol. The molecule has 0 spiro atoms. The van der Waals surface area contributed by atoms with Gasteiger partial charge in [0.05, 0.1) is 16.9 Å². The number of rotatable bonds is 4. The van der Waals surface area contributed by atoms with Crippen molar-refractivity contribution >= 4 is 23.0 Å². The molecule has 0 aromatic heterocycles. The van der Waals surface area contributed by atoms with Gasteiger partial charge in [0.15, 0.2) is 17.7 Å². The Bertz CT molecular complexity index is 1330. The minimum atomic E-state index is -0.525. The maximum atomic E-state index is 13.7. The fraction of sp³-hybridized carbons (Fsp3) is 0.345. The number of carbonyl (C=O) groups excluding carboxylic acids is 2. The topological polar surface area (TPSA) is 71.0 Å². The molecule has 4 aliphatic rings. The van der Waals surface area contributed by atoms with Gasteiger partial charge >= 0.3 is 0 Å². The number of allylic oxidation sites excluding steroid dienone is 1. The maximum Gasteiger partial charge on any atom is 0.196 e. The lowest BCUT2D eigenvalue weighted by molar-refractivity contribution is 0.0978. The van der Waals surface area contributed by atoms with Crippen LogP contribution in [0, 0.1) is 12.8 Å². The number of benzene rings is 2. The Balaban J connectivity index is 1.38. The van der Waals surface area contributed by atoms with E-state index in [1.165, 1.54) is 12.8 Å². The summed E-state index contributed by atoms with van der Waals surface area (Å²) < 4.78 is 6.32. The summed E-state index contributed by atoms with van der Waals surface area (Å²) in [5, 5.41) is 3.48. The maximum absolute atomic E-state index is 13.7. The molecule has 1 N–H and O–H groups in total. The van der Waals surface area contributed by atoms with Crippen molar-refractivity contribution in [2.24, 2.45) is 10.9 Å². The molecule has 1 unspecified atom stereocenters. The largest absolute Gasteiger partial charge is 0.478 e. The van der Waals surface area contributed by atoms with Gasteiger partial charge in [-0.3, -0.25) is 9.59 Å². The highest BCUT2D eigenvalue weighted by atomic mass is 16.5. The summed E-state index contributed by atoms with van der Waals surface area (Å²) in [4.78, 5) is 34.8. The molecule has 2 aliphatic heterocycles. The van der Waals surface area contributed by atoms with Crippen LogP contribution in [-0.2, 0) is 0 Å². The number of Topliss-reactive ketones (excluding diaryl/α,β-unsaturated/α-hetero) is 2. The van der Waals surface area contributed by atoms with Crippen molar-refractivity contribution in [2.75, 3.05) is 26.2 Å². The quantitative estimate of drug-likeness (QED) is 0.721. The average molecular weight is 468 g/mol. The van der Waals surface area contributed by atoms with Crippen LogP contribution in [0.1, 0.15) is 46.0 Å². The Morgan fingerprint density at radius 3 is 2.46 bits per heavy atom. The molecule has 0 saturated carbocycles. The molecule has 1 fully saturated rings. The number of nitrogens with one attached hydrogen (secondary N) is 1. The number of aryl methyl sites for hydroxylation is 1. The van der Waals surface area contributed by atoms with Gasteiger partial charge in [0.2, 0.25) is 0 Å². The Labute approximate surface area is 205 Å². The number of nitrogens with zero attached hydrogens (tertiary/aromatic N) is 2. The number of ether oxygens (including phenoxy) is 1. The van der Waals surface area contributed by atoms with Crippen molar-refractivity contribution < 1.29 is 14.3 Å². The molecule has 0 bridgehead atoms. The normalized spacial score (nSPS) is 21.8. The molecule has 0 radical (unpaired) electrons. The summed E-state index contributed by atoms with van der Waals surface area (Å²) in [5.41, 5.74) is 4.52. The number of carbonyl (C=O) groups is 2. The molecule has 178 valence electrons. The first-order chi connectivity index (χ1) is 17.0. The zero-order valence-corrected chi connectivity index (χ0v) is 20.1. The van der Waals surface area contributed by atoms with Crippen LogP contribution in [0.3, 0.4) is 0 Å². The second kappa shape index (κ2) is 8.61. The van der Waals surface area contributed by atoms with Gasteiger partial charge in [0, 0.05) is 29.9 Å². The molecule has 0 amide bonds. The van der Waals surface area contributed by atoms with E-state index in [9.17, 15) is 9.59 Å². The number of ketones is 2. The van der Waals surface area contributed by atoms with E-state index < -0.39 is 6.10 Å². The van der Waals surface area contributed by atoms with Gasteiger partial charge in [-0.25, -0.2) is 4.99 Å². The van der Waals surface area contributed by atoms with E-state index in [4.69, 9.17) is 9.73 Å². The Kier molecular flexibility index (Phi) is 5.41. The molecule has 2 aliphatic carbocycles. The first-order valence-corrected chi connectivity index (χ1v) is 12.5. The van der Waals surface area contributed by atoms with E-state index in [1.807, 2.05) is 31.2 Å². The summed E-state index contributed by atoms with van der Waals surface area (Å²) in [7, 11) is 0. The van der Waals surface area contributed by atoms with Crippen molar-refractivity contribution in [3.8, 4) is 5.75 Å². The van der Waals surface area contributed by atoms with Crippen LogP contribution in [0.5, 0.6) is 5.75 Å². The number of piperidine rings is 1. The van der Waals surface area contributed by atoms with E-state index in [-0.39, 0.29) is 11.6 Å². The highest BCUT2D eigenvalue weighted by Crippen LogP contribution is 2.42.